The number of methoxy groups -OCH3 is 1. The van der Waals surface area contributed by atoms with Gasteiger partial charge in [-0.15, -0.1) is 5.10 Å². The van der Waals surface area contributed by atoms with Crippen molar-refractivity contribution in [3.05, 3.63) is 83.5 Å². The first-order chi connectivity index (χ1) is 15.0. The minimum atomic E-state index is -3.94. The van der Waals surface area contributed by atoms with Crippen LogP contribution in [0.4, 0.5) is 0 Å². The molecular weight excluding hydrogens is 442 g/mol. The van der Waals surface area contributed by atoms with Crippen molar-refractivity contribution in [1.82, 2.24) is 24.5 Å². The Morgan fingerprint density at radius 2 is 1.97 bits per heavy atom. The summed E-state index contributed by atoms with van der Waals surface area (Å²) in [4.78, 5) is 0.0554. The van der Waals surface area contributed by atoms with Gasteiger partial charge in [-0.2, -0.15) is 8.99 Å². The van der Waals surface area contributed by atoms with Crippen molar-refractivity contribution in [2.45, 2.75) is 18.0 Å². The van der Waals surface area contributed by atoms with E-state index in [1.54, 1.807) is 36.4 Å². The third-order valence-corrected chi connectivity index (χ3v) is 6.76. The SMILES string of the molecule is COc1cc(S(=O)(=O)N(Cc2ccco2)Cc2ccccc2Cl)ccc1-n1cnnn1. The van der Waals surface area contributed by atoms with Crippen molar-refractivity contribution in [2.75, 3.05) is 7.11 Å². The van der Waals surface area contributed by atoms with Crippen molar-refractivity contribution in [1.29, 1.82) is 0 Å². The van der Waals surface area contributed by atoms with Crippen LogP contribution in [0.5, 0.6) is 5.75 Å². The van der Waals surface area contributed by atoms with Gasteiger partial charge in [0.15, 0.2) is 0 Å². The van der Waals surface area contributed by atoms with Crippen LogP contribution in [-0.2, 0) is 23.1 Å². The first kappa shape index (κ1) is 21.0. The first-order valence-corrected chi connectivity index (χ1v) is 11.0. The standard InChI is InChI=1S/C20H18ClN5O4S/c1-29-20-11-17(8-9-19(20)26-14-22-23-24-26)31(27,28)25(13-16-6-4-10-30-16)12-15-5-2-3-7-18(15)21/h2-11,14H,12-13H2,1H3. The predicted octanol–water partition coefficient (Wildman–Crippen LogP) is 3.31. The van der Waals surface area contributed by atoms with Gasteiger partial charge in [-0.05, 0) is 46.3 Å². The molecule has 2 aromatic carbocycles. The molecule has 0 bridgehead atoms. The summed E-state index contributed by atoms with van der Waals surface area (Å²) in [5.74, 6) is 0.817. The smallest absolute Gasteiger partial charge is 0.243 e. The Labute approximate surface area is 183 Å². The molecule has 160 valence electrons. The van der Waals surface area contributed by atoms with Gasteiger partial charge in [-0.1, -0.05) is 29.8 Å². The van der Waals surface area contributed by atoms with Gasteiger partial charge in [-0.3, -0.25) is 0 Å². The minimum Gasteiger partial charge on any atom is -0.494 e. The molecule has 0 spiro atoms. The second kappa shape index (κ2) is 8.88. The van der Waals surface area contributed by atoms with Gasteiger partial charge >= 0.3 is 0 Å². The molecule has 0 amide bonds. The fraction of sp³-hybridized carbons (Fsp3) is 0.150. The Bertz CT molecular complexity index is 1260. The fourth-order valence-electron chi connectivity index (χ4n) is 3.05. The molecule has 4 aromatic rings. The summed E-state index contributed by atoms with van der Waals surface area (Å²) in [5.41, 5.74) is 1.19. The number of tetrazole rings is 1. The molecule has 0 aliphatic rings. The van der Waals surface area contributed by atoms with E-state index in [9.17, 15) is 8.42 Å². The molecule has 9 nitrogen and oxygen atoms in total. The number of sulfonamides is 1. The van der Waals surface area contributed by atoms with E-state index in [1.807, 2.05) is 6.07 Å². The number of aromatic nitrogens is 4. The maximum atomic E-state index is 13.6. The maximum absolute atomic E-state index is 13.6. The van der Waals surface area contributed by atoms with E-state index < -0.39 is 10.0 Å². The molecule has 0 aliphatic carbocycles. The summed E-state index contributed by atoms with van der Waals surface area (Å²) in [7, 11) is -2.49. The Kier molecular flexibility index (Phi) is 6.03. The lowest BCUT2D eigenvalue weighted by Gasteiger charge is -2.22. The summed E-state index contributed by atoms with van der Waals surface area (Å²) in [5, 5.41) is 11.5. The highest BCUT2D eigenvalue weighted by Gasteiger charge is 2.28. The highest BCUT2D eigenvalue weighted by atomic mass is 35.5. The molecule has 0 radical (unpaired) electrons. The number of hydrogen-bond acceptors (Lipinski definition) is 7. The maximum Gasteiger partial charge on any atom is 0.243 e. The number of furan rings is 1. The molecular formula is C20H18ClN5O4S. The van der Waals surface area contributed by atoms with Crippen LogP contribution in [0, 0.1) is 0 Å². The van der Waals surface area contributed by atoms with Crippen LogP contribution < -0.4 is 4.74 Å². The quantitative estimate of drug-likeness (QED) is 0.398. The van der Waals surface area contributed by atoms with Crippen LogP contribution in [0.3, 0.4) is 0 Å². The lowest BCUT2D eigenvalue weighted by molar-refractivity contribution is 0.358. The number of halogens is 1. The summed E-state index contributed by atoms with van der Waals surface area (Å²) >= 11 is 6.29. The van der Waals surface area contributed by atoms with E-state index in [2.05, 4.69) is 15.5 Å². The number of benzene rings is 2. The number of nitrogens with zero attached hydrogens (tertiary/aromatic N) is 5. The fourth-order valence-corrected chi connectivity index (χ4v) is 4.64. The Morgan fingerprint density at radius 3 is 2.65 bits per heavy atom. The topological polar surface area (TPSA) is 103 Å². The molecule has 0 unspecified atom stereocenters. The van der Waals surface area contributed by atoms with Crippen LogP contribution in [-0.4, -0.2) is 40.0 Å². The van der Waals surface area contributed by atoms with Gasteiger partial charge in [0.1, 0.15) is 23.5 Å². The zero-order chi connectivity index (χ0) is 21.8. The zero-order valence-electron chi connectivity index (χ0n) is 16.4. The summed E-state index contributed by atoms with van der Waals surface area (Å²) in [6.07, 6.45) is 2.90. The highest BCUT2D eigenvalue weighted by molar-refractivity contribution is 7.89. The number of hydrogen-bond donors (Lipinski definition) is 0. The second-order valence-corrected chi connectivity index (χ2v) is 8.88. The van der Waals surface area contributed by atoms with Gasteiger partial charge in [0, 0.05) is 17.6 Å². The van der Waals surface area contributed by atoms with E-state index in [-0.39, 0.29) is 18.0 Å². The molecule has 4 rings (SSSR count). The molecule has 0 N–H and O–H groups in total. The first-order valence-electron chi connectivity index (χ1n) is 9.16. The average Bonchev–Trinajstić information content (AvgIpc) is 3.48. The molecule has 2 aromatic heterocycles. The molecule has 2 heterocycles. The summed E-state index contributed by atoms with van der Waals surface area (Å²) < 4.78 is 40.6. The van der Waals surface area contributed by atoms with Crippen molar-refractivity contribution < 1.29 is 17.6 Å². The van der Waals surface area contributed by atoms with E-state index >= 15 is 0 Å². The lowest BCUT2D eigenvalue weighted by Crippen LogP contribution is -2.30. The Balaban J connectivity index is 1.73. The molecule has 0 saturated carbocycles. The molecule has 11 heteroatoms. The Morgan fingerprint density at radius 1 is 1.13 bits per heavy atom. The molecule has 0 fully saturated rings. The van der Waals surface area contributed by atoms with Crippen molar-refractivity contribution in [2.24, 2.45) is 0 Å². The molecule has 0 aliphatic heterocycles. The third-order valence-electron chi connectivity index (χ3n) is 4.60. The van der Waals surface area contributed by atoms with E-state index in [0.29, 0.717) is 27.8 Å². The Hall–Kier alpha value is -3.21. The van der Waals surface area contributed by atoms with Gasteiger partial charge in [-0.25, -0.2) is 8.42 Å². The minimum absolute atomic E-state index is 0.0393. The van der Waals surface area contributed by atoms with E-state index in [1.165, 1.54) is 40.8 Å². The normalized spacial score (nSPS) is 11.7. The summed E-state index contributed by atoms with van der Waals surface area (Å²) in [6.45, 7) is 0.109. The van der Waals surface area contributed by atoms with E-state index in [0.717, 1.165) is 0 Å². The monoisotopic (exact) mass is 459 g/mol. The highest BCUT2D eigenvalue weighted by Crippen LogP contribution is 2.29. The zero-order valence-corrected chi connectivity index (χ0v) is 18.0. The van der Waals surface area contributed by atoms with Crippen LogP contribution in [0.1, 0.15) is 11.3 Å². The van der Waals surface area contributed by atoms with Crippen LogP contribution >= 0.6 is 11.6 Å². The van der Waals surface area contributed by atoms with Crippen LogP contribution in [0.15, 0.2) is 76.5 Å². The number of rotatable bonds is 8. The lowest BCUT2D eigenvalue weighted by atomic mass is 10.2. The molecule has 0 saturated heterocycles. The molecule has 0 atom stereocenters. The van der Waals surface area contributed by atoms with Crippen LogP contribution in [0.25, 0.3) is 5.69 Å². The summed E-state index contributed by atoms with van der Waals surface area (Å²) in [6, 6.07) is 15.0. The number of ether oxygens (including phenoxy) is 1. The van der Waals surface area contributed by atoms with Gasteiger partial charge in [0.25, 0.3) is 0 Å². The van der Waals surface area contributed by atoms with Crippen molar-refractivity contribution in [3.8, 4) is 11.4 Å². The van der Waals surface area contributed by atoms with Crippen molar-refractivity contribution >= 4 is 21.6 Å². The van der Waals surface area contributed by atoms with Crippen molar-refractivity contribution in [3.63, 3.8) is 0 Å². The largest absolute Gasteiger partial charge is 0.494 e. The molecule has 31 heavy (non-hydrogen) atoms. The second-order valence-electron chi connectivity index (χ2n) is 6.53. The van der Waals surface area contributed by atoms with Gasteiger partial charge < -0.3 is 9.15 Å². The van der Waals surface area contributed by atoms with Gasteiger partial charge in [0.05, 0.1) is 24.8 Å². The van der Waals surface area contributed by atoms with Gasteiger partial charge in [0.2, 0.25) is 10.0 Å². The average molecular weight is 460 g/mol. The van der Waals surface area contributed by atoms with Crippen LogP contribution in [0.2, 0.25) is 5.02 Å². The third kappa shape index (κ3) is 4.46. The predicted molar refractivity (Wildman–Crippen MR) is 112 cm³/mol. The van der Waals surface area contributed by atoms with E-state index in [4.69, 9.17) is 20.8 Å².